The Morgan fingerprint density at radius 2 is 1.82 bits per heavy atom. The van der Waals surface area contributed by atoms with Crippen LogP contribution in [0.2, 0.25) is 0 Å². The predicted molar refractivity (Wildman–Crippen MR) is 84.0 cm³/mol. The van der Waals surface area contributed by atoms with Crippen LogP contribution in [-0.4, -0.2) is 18.1 Å². The number of carbonyl (C=O) groups is 1. The smallest absolute Gasteiger partial charge is 0.265 e. The van der Waals surface area contributed by atoms with Crippen LogP contribution in [0.4, 0.5) is 0 Å². The molecule has 0 spiro atoms. The molecule has 2 aromatic rings. The highest BCUT2D eigenvalue weighted by Gasteiger charge is 2.33. The van der Waals surface area contributed by atoms with Crippen molar-refractivity contribution in [3.8, 4) is 11.5 Å². The Balaban J connectivity index is 1.65. The maximum atomic E-state index is 12.4. The zero-order chi connectivity index (χ0) is 15.5. The standard InChI is InChI=1S/C18H19NO3/c1-12-6-5-7-14(10-12)11-19-18(20)17-13(2)21-15-8-3-4-9-16(15)22-17/h3-10,13,17H,11H2,1-2H3,(H,19,20)/t13-,17+/m0/s1. The molecular formula is C18H19NO3. The van der Waals surface area contributed by atoms with Crippen molar-refractivity contribution < 1.29 is 14.3 Å². The fourth-order valence-corrected chi connectivity index (χ4v) is 2.52. The summed E-state index contributed by atoms with van der Waals surface area (Å²) in [5.41, 5.74) is 2.24. The van der Waals surface area contributed by atoms with Crippen molar-refractivity contribution in [3.05, 3.63) is 59.7 Å². The van der Waals surface area contributed by atoms with Gasteiger partial charge < -0.3 is 14.8 Å². The zero-order valence-corrected chi connectivity index (χ0v) is 12.7. The summed E-state index contributed by atoms with van der Waals surface area (Å²) in [5.74, 6) is 1.12. The van der Waals surface area contributed by atoms with Crippen molar-refractivity contribution in [2.45, 2.75) is 32.6 Å². The lowest BCUT2D eigenvalue weighted by molar-refractivity contribution is -0.133. The fourth-order valence-electron chi connectivity index (χ4n) is 2.52. The van der Waals surface area contributed by atoms with Gasteiger partial charge in [-0.25, -0.2) is 0 Å². The molecule has 4 nitrogen and oxygen atoms in total. The van der Waals surface area contributed by atoms with Crippen molar-refractivity contribution in [1.82, 2.24) is 5.32 Å². The molecule has 114 valence electrons. The van der Waals surface area contributed by atoms with Crippen LogP contribution in [0.5, 0.6) is 11.5 Å². The number of nitrogens with one attached hydrogen (secondary N) is 1. The van der Waals surface area contributed by atoms with E-state index in [-0.39, 0.29) is 12.0 Å². The number of hydrogen-bond donors (Lipinski definition) is 1. The van der Waals surface area contributed by atoms with E-state index in [1.54, 1.807) is 0 Å². The molecule has 1 amide bonds. The van der Waals surface area contributed by atoms with Gasteiger partial charge in [-0.15, -0.1) is 0 Å². The summed E-state index contributed by atoms with van der Waals surface area (Å²) in [4.78, 5) is 12.4. The lowest BCUT2D eigenvalue weighted by Gasteiger charge is -2.31. The largest absolute Gasteiger partial charge is 0.482 e. The number of fused-ring (bicyclic) bond motifs is 1. The lowest BCUT2D eigenvalue weighted by atomic mass is 10.1. The van der Waals surface area contributed by atoms with Gasteiger partial charge in [-0.05, 0) is 31.5 Å². The van der Waals surface area contributed by atoms with Crippen LogP contribution in [0.15, 0.2) is 48.5 Å². The first-order chi connectivity index (χ1) is 10.6. The van der Waals surface area contributed by atoms with Gasteiger partial charge in [0.15, 0.2) is 11.5 Å². The molecule has 1 N–H and O–H groups in total. The second kappa shape index (κ2) is 6.10. The fraction of sp³-hybridized carbons (Fsp3) is 0.278. The Morgan fingerprint density at radius 3 is 2.55 bits per heavy atom. The van der Waals surface area contributed by atoms with E-state index in [1.165, 1.54) is 5.56 Å². The normalized spacial score (nSPS) is 19.5. The van der Waals surface area contributed by atoms with Gasteiger partial charge in [-0.3, -0.25) is 4.79 Å². The van der Waals surface area contributed by atoms with Gasteiger partial charge in [-0.2, -0.15) is 0 Å². The van der Waals surface area contributed by atoms with Crippen LogP contribution < -0.4 is 14.8 Å². The van der Waals surface area contributed by atoms with Crippen molar-refractivity contribution >= 4 is 5.91 Å². The minimum Gasteiger partial charge on any atom is -0.482 e. The summed E-state index contributed by atoms with van der Waals surface area (Å²) >= 11 is 0. The molecular weight excluding hydrogens is 278 g/mol. The van der Waals surface area contributed by atoms with Crippen molar-refractivity contribution in [1.29, 1.82) is 0 Å². The van der Waals surface area contributed by atoms with Crippen LogP contribution in [0.25, 0.3) is 0 Å². The highest BCUT2D eigenvalue weighted by Crippen LogP contribution is 2.33. The zero-order valence-electron chi connectivity index (χ0n) is 12.7. The van der Waals surface area contributed by atoms with E-state index in [1.807, 2.05) is 56.3 Å². The molecule has 1 aliphatic heterocycles. The third-order valence-electron chi connectivity index (χ3n) is 3.65. The second-order valence-electron chi connectivity index (χ2n) is 5.52. The Labute approximate surface area is 130 Å². The monoisotopic (exact) mass is 297 g/mol. The summed E-state index contributed by atoms with van der Waals surface area (Å²) in [6, 6.07) is 15.4. The van der Waals surface area contributed by atoms with Gasteiger partial charge >= 0.3 is 0 Å². The topological polar surface area (TPSA) is 47.6 Å². The number of carbonyl (C=O) groups excluding carboxylic acids is 1. The summed E-state index contributed by atoms with van der Waals surface area (Å²) in [5, 5.41) is 2.91. The molecule has 2 aromatic carbocycles. The number of para-hydroxylation sites is 2. The van der Waals surface area contributed by atoms with Gasteiger partial charge in [0, 0.05) is 6.54 Å². The number of rotatable bonds is 3. The molecule has 0 radical (unpaired) electrons. The highest BCUT2D eigenvalue weighted by molar-refractivity contribution is 5.82. The van der Waals surface area contributed by atoms with Gasteiger partial charge in [0.1, 0.15) is 6.10 Å². The van der Waals surface area contributed by atoms with E-state index in [2.05, 4.69) is 11.4 Å². The van der Waals surface area contributed by atoms with Crippen molar-refractivity contribution in [2.75, 3.05) is 0 Å². The van der Waals surface area contributed by atoms with Gasteiger partial charge in [0.2, 0.25) is 6.10 Å². The molecule has 0 aromatic heterocycles. The molecule has 2 atom stereocenters. The first kappa shape index (κ1) is 14.4. The Morgan fingerprint density at radius 1 is 1.09 bits per heavy atom. The molecule has 22 heavy (non-hydrogen) atoms. The Bertz CT molecular complexity index is 684. The van der Waals surface area contributed by atoms with Crippen LogP contribution in [-0.2, 0) is 11.3 Å². The Hall–Kier alpha value is -2.49. The lowest BCUT2D eigenvalue weighted by Crippen LogP contribution is -2.48. The van der Waals surface area contributed by atoms with E-state index in [9.17, 15) is 4.79 Å². The van der Waals surface area contributed by atoms with Crippen molar-refractivity contribution in [2.24, 2.45) is 0 Å². The quantitative estimate of drug-likeness (QED) is 0.947. The molecule has 0 saturated heterocycles. The summed E-state index contributed by atoms with van der Waals surface area (Å²) in [7, 11) is 0. The highest BCUT2D eigenvalue weighted by atomic mass is 16.6. The summed E-state index contributed by atoms with van der Waals surface area (Å²) in [6.45, 7) is 4.35. The first-order valence-electron chi connectivity index (χ1n) is 7.39. The third-order valence-corrected chi connectivity index (χ3v) is 3.65. The van der Waals surface area contributed by atoms with Gasteiger partial charge in [-0.1, -0.05) is 42.0 Å². The minimum absolute atomic E-state index is 0.163. The number of hydrogen-bond acceptors (Lipinski definition) is 3. The van der Waals surface area contributed by atoms with E-state index in [4.69, 9.17) is 9.47 Å². The SMILES string of the molecule is Cc1cccc(CNC(=O)[C@@H]2Oc3ccccc3O[C@H]2C)c1. The number of ether oxygens (including phenoxy) is 2. The second-order valence-corrected chi connectivity index (χ2v) is 5.52. The van der Waals surface area contributed by atoms with E-state index < -0.39 is 6.10 Å². The molecule has 0 fully saturated rings. The number of amides is 1. The van der Waals surface area contributed by atoms with Crippen LogP contribution in [0, 0.1) is 6.92 Å². The minimum atomic E-state index is -0.639. The Kier molecular flexibility index (Phi) is 4.00. The molecule has 0 unspecified atom stereocenters. The van der Waals surface area contributed by atoms with Crippen LogP contribution in [0.1, 0.15) is 18.1 Å². The number of benzene rings is 2. The van der Waals surface area contributed by atoms with E-state index in [0.717, 1.165) is 5.56 Å². The van der Waals surface area contributed by atoms with Gasteiger partial charge in [0.25, 0.3) is 5.91 Å². The average Bonchev–Trinajstić information content (AvgIpc) is 2.52. The average molecular weight is 297 g/mol. The maximum absolute atomic E-state index is 12.4. The summed E-state index contributed by atoms with van der Waals surface area (Å²) < 4.78 is 11.5. The van der Waals surface area contributed by atoms with Crippen molar-refractivity contribution in [3.63, 3.8) is 0 Å². The molecule has 0 aliphatic carbocycles. The summed E-state index contributed by atoms with van der Waals surface area (Å²) in [6.07, 6.45) is -0.966. The molecule has 1 heterocycles. The first-order valence-corrected chi connectivity index (χ1v) is 7.39. The molecule has 1 aliphatic rings. The maximum Gasteiger partial charge on any atom is 0.265 e. The molecule has 3 rings (SSSR count). The van der Waals surface area contributed by atoms with E-state index in [0.29, 0.717) is 18.0 Å². The predicted octanol–water partition coefficient (Wildman–Crippen LogP) is 2.84. The van der Waals surface area contributed by atoms with Crippen LogP contribution >= 0.6 is 0 Å². The molecule has 0 saturated carbocycles. The molecule has 4 heteroatoms. The molecule has 0 bridgehead atoms. The van der Waals surface area contributed by atoms with E-state index >= 15 is 0 Å². The number of aryl methyl sites for hydroxylation is 1. The van der Waals surface area contributed by atoms with Crippen LogP contribution in [0.3, 0.4) is 0 Å². The van der Waals surface area contributed by atoms with Gasteiger partial charge in [0.05, 0.1) is 0 Å². The third kappa shape index (κ3) is 3.06.